The van der Waals surface area contributed by atoms with Gasteiger partial charge < -0.3 is 15.4 Å². The van der Waals surface area contributed by atoms with Crippen molar-refractivity contribution >= 4 is 0 Å². The quantitative estimate of drug-likeness (QED) is 0.289. The Bertz CT molecular complexity index is 1160. The lowest BCUT2D eigenvalue weighted by Gasteiger charge is -2.30. The van der Waals surface area contributed by atoms with Crippen molar-refractivity contribution in [3.05, 3.63) is 115 Å². The van der Waals surface area contributed by atoms with E-state index in [1.54, 1.807) is 7.11 Å². The lowest BCUT2D eigenvalue weighted by Crippen LogP contribution is -2.38. The average Bonchev–Trinajstić information content (AvgIpc) is 2.99. The second-order valence-electron chi connectivity index (χ2n) is 13.3. The summed E-state index contributed by atoms with van der Waals surface area (Å²) in [5.74, 6) is 2.99. The van der Waals surface area contributed by atoms with Crippen LogP contribution in [0.4, 0.5) is 0 Å². The van der Waals surface area contributed by atoms with E-state index in [0.29, 0.717) is 23.7 Å². The molecular weight excluding hydrogens is 524 g/mol. The highest BCUT2D eigenvalue weighted by Gasteiger charge is 2.23. The molecule has 4 unspecified atom stereocenters. The molecule has 0 radical (unpaired) electrons. The first-order valence-corrected chi connectivity index (χ1v) is 16.5. The summed E-state index contributed by atoms with van der Waals surface area (Å²) >= 11 is 0. The predicted octanol–water partition coefficient (Wildman–Crippen LogP) is 9.83. The first kappa shape index (κ1) is 34.3. The van der Waals surface area contributed by atoms with E-state index >= 15 is 0 Å². The molecule has 1 aliphatic rings. The van der Waals surface area contributed by atoms with Crippen LogP contribution in [0.5, 0.6) is 5.75 Å². The van der Waals surface area contributed by atoms with Crippen molar-refractivity contribution in [1.29, 1.82) is 0 Å². The van der Waals surface area contributed by atoms with Gasteiger partial charge in [-0.05, 0) is 111 Å². The fourth-order valence-electron chi connectivity index (χ4n) is 6.34. The van der Waals surface area contributed by atoms with Crippen LogP contribution in [-0.2, 0) is 12.8 Å². The van der Waals surface area contributed by atoms with E-state index in [9.17, 15) is 0 Å². The molecule has 1 fully saturated rings. The zero-order valence-electron chi connectivity index (χ0n) is 27.6. The fraction of sp³-hybridized carbons (Fsp3) is 0.500. The van der Waals surface area contributed by atoms with Gasteiger partial charge in [0.15, 0.2) is 0 Å². The van der Waals surface area contributed by atoms with Crippen molar-refractivity contribution < 1.29 is 4.74 Å². The molecule has 1 aliphatic heterocycles. The van der Waals surface area contributed by atoms with Gasteiger partial charge in [0.2, 0.25) is 0 Å². The molecule has 0 aliphatic carbocycles. The first-order valence-electron chi connectivity index (χ1n) is 16.5. The number of hydrogen-bond donors (Lipinski definition) is 2. The molecule has 1 saturated heterocycles. The number of ether oxygens (including phenoxy) is 1. The number of aryl methyl sites for hydroxylation is 1. The maximum absolute atomic E-state index is 5.37. The maximum atomic E-state index is 5.37. The van der Waals surface area contributed by atoms with Crippen LogP contribution < -0.4 is 15.4 Å². The molecule has 1 heterocycles. The molecule has 4 atom stereocenters. The highest BCUT2D eigenvalue weighted by Crippen LogP contribution is 2.34. The maximum Gasteiger partial charge on any atom is 0.118 e. The smallest absolute Gasteiger partial charge is 0.118 e. The topological polar surface area (TPSA) is 33.3 Å². The third kappa shape index (κ3) is 12.1. The van der Waals surface area contributed by atoms with Crippen LogP contribution in [-0.4, -0.2) is 19.7 Å². The summed E-state index contributed by atoms with van der Waals surface area (Å²) in [4.78, 5) is 0. The average molecular weight is 583 g/mol. The Morgan fingerprint density at radius 3 is 2.30 bits per heavy atom. The van der Waals surface area contributed by atoms with Gasteiger partial charge in [0.05, 0.1) is 13.2 Å². The minimum Gasteiger partial charge on any atom is -0.497 e. The van der Waals surface area contributed by atoms with E-state index in [-0.39, 0.29) is 6.04 Å². The monoisotopic (exact) mass is 582 g/mol. The Hall–Kier alpha value is -3.20. The molecule has 3 nitrogen and oxygen atoms in total. The van der Waals surface area contributed by atoms with Gasteiger partial charge in [-0.1, -0.05) is 101 Å². The van der Waals surface area contributed by atoms with Crippen LogP contribution in [0, 0.1) is 23.7 Å². The molecule has 0 spiro atoms. The van der Waals surface area contributed by atoms with Crippen molar-refractivity contribution in [2.75, 3.05) is 13.7 Å². The predicted molar refractivity (Wildman–Crippen MR) is 186 cm³/mol. The van der Waals surface area contributed by atoms with Crippen LogP contribution >= 0.6 is 0 Å². The summed E-state index contributed by atoms with van der Waals surface area (Å²) in [6.45, 7) is 26.0. The first-order chi connectivity index (χ1) is 20.6. The fourth-order valence-corrected chi connectivity index (χ4v) is 6.34. The zero-order valence-corrected chi connectivity index (χ0v) is 27.6. The van der Waals surface area contributed by atoms with Crippen molar-refractivity contribution in [3.63, 3.8) is 0 Å². The van der Waals surface area contributed by atoms with E-state index in [4.69, 9.17) is 11.3 Å². The lowest BCUT2D eigenvalue weighted by molar-refractivity contribution is 0.373. The van der Waals surface area contributed by atoms with E-state index in [0.717, 1.165) is 62.2 Å². The van der Waals surface area contributed by atoms with Crippen LogP contribution in [0.1, 0.15) is 83.3 Å². The largest absolute Gasteiger partial charge is 0.497 e. The molecule has 2 N–H and O–H groups in total. The Labute approximate surface area is 263 Å². The summed E-state index contributed by atoms with van der Waals surface area (Å²) < 4.78 is 5.37. The van der Waals surface area contributed by atoms with Crippen LogP contribution in [0.2, 0.25) is 0 Å². The molecule has 0 bridgehead atoms. The number of hydrogen-bond acceptors (Lipinski definition) is 3. The molecule has 2 aromatic rings. The lowest BCUT2D eigenvalue weighted by atomic mass is 9.78. The van der Waals surface area contributed by atoms with E-state index in [2.05, 4.69) is 93.6 Å². The summed E-state index contributed by atoms with van der Waals surface area (Å²) in [5, 5.41) is 7.40. The molecule has 3 rings (SSSR count). The van der Waals surface area contributed by atoms with Crippen molar-refractivity contribution in [2.45, 2.75) is 91.0 Å². The Kier molecular flexibility index (Phi) is 14.2. The molecular formula is C40H58N2O. The van der Waals surface area contributed by atoms with Crippen molar-refractivity contribution in [3.8, 4) is 5.75 Å². The second kappa shape index (κ2) is 17.8. The van der Waals surface area contributed by atoms with Crippen molar-refractivity contribution in [2.24, 2.45) is 23.7 Å². The third-order valence-corrected chi connectivity index (χ3v) is 9.13. The Balaban J connectivity index is 1.76. The zero-order chi connectivity index (χ0) is 31.2. The number of nitrogens with one attached hydrogen (secondary N) is 2. The van der Waals surface area contributed by atoms with E-state index in [1.807, 2.05) is 12.1 Å². The number of rotatable bonds is 9. The van der Waals surface area contributed by atoms with Gasteiger partial charge in [-0.15, -0.1) is 0 Å². The number of benzene rings is 2. The molecule has 43 heavy (non-hydrogen) atoms. The molecule has 3 heteroatoms. The van der Waals surface area contributed by atoms with Crippen molar-refractivity contribution in [1.82, 2.24) is 10.6 Å². The standard InChI is InChI=1S/C40H58N2O/c1-29(2)24-38-26-30(3)32(5)28-41-34(7)40(27-37-20-22-39(43-8)23-21-37)42-33(6)14-12-18-36(25-31(38)4)19-13-17-35-15-10-9-11-16-35/h9-11,15-16,20-23,29,32,36,38,40-42H,3-4,6-7,12-14,17-19,24-28H2,1-2,5,8H3. The summed E-state index contributed by atoms with van der Waals surface area (Å²) in [7, 11) is 1.71. The number of allylic oxidation sites excluding steroid dienone is 2. The van der Waals surface area contributed by atoms with Gasteiger partial charge in [0.1, 0.15) is 5.75 Å². The van der Waals surface area contributed by atoms with Gasteiger partial charge in [-0.25, -0.2) is 0 Å². The summed E-state index contributed by atoms with van der Waals surface area (Å²) in [5.41, 5.74) is 7.51. The highest BCUT2D eigenvalue weighted by atomic mass is 16.5. The van der Waals surface area contributed by atoms with Crippen LogP contribution in [0.25, 0.3) is 0 Å². The summed E-state index contributed by atoms with van der Waals surface area (Å²) in [6.07, 6.45) is 11.0. The molecule has 2 aromatic carbocycles. The van der Waals surface area contributed by atoms with Gasteiger partial charge in [0, 0.05) is 17.9 Å². The van der Waals surface area contributed by atoms with Gasteiger partial charge in [-0.3, -0.25) is 0 Å². The Morgan fingerprint density at radius 1 is 0.907 bits per heavy atom. The minimum atomic E-state index is 0.0596. The number of methoxy groups -OCH3 is 1. The van der Waals surface area contributed by atoms with E-state index in [1.165, 1.54) is 48.0 Å². The third-order valence-electron chi connectivity index (χ3n) is 9.13. The minimum absolute atomic E-state index is 0.0596. The summed E-state index contributed by atoms with van der Waals surface area (Å²) in [6, 6.07) is 19.3. The van der Waals surface area contributed by atoms with Crippen LogP contribution in [0.3, 0.4) is 0 Å². The van der Waals surface area contributed by atoms with E-state index < -0.39 is 0 Å². The van der Waals surface area contributed by atoms with Gasteiger partial charge in [0.25, 0.3) is 0 Å². The molecule has 0 amide bonds. The molecule has 234 valence electrons. The SMILES string of the molecule is C=C1CCCC(CCCc2ccccc2)CC(=C)C(CC(C)C)CC(=C)C(C)CNC(=C)C(Cc2ccc(OC)cc2)N1. The van der Waals surface area contributed by atoms with Crippen LogP contribution in [0.15, 0.2) is 103 Å². The normalized spacial score (nSPS) is 23.1. The van der Waals surface area contributed by atoms with Gasteiger partial charge in [-0.2, -0.15) is 0 Å². The molecule has 0 aromatic heterocycles. The highest BCUT2D eigenvalue weighted by molar-refractivity contribution is 5.29. The van der Waals surface area contributed by atoms with Gasteiger partial charge >= 0.3 is 0 Å². The second-order valence-corrected chi connectivity index (χ2v) is 13.3. The Morgan fingerprint density at radius 2 is 1.63 bits per heavy atom. The molecule has 0 saturated carbocycles.